The second-order valence-corrected chi connectivity index (χ2v) is 4.71. The number of hydrogen-bond acceptors (Lipinski definition) is 3. The normalized spacial score (nSPS) is 12.7. The van der Waals surface area contributed by atoms with Gasteiger partial charge in [-0.1, -0.05) is 12.1 Å². The zero-order valence-electron chi connectivity index (χ0n) is 11.9. The Morgan fingerprint density at radius 1 is 1.11 bits per heavy atom. The van der Waals surface area contributed by atoms with Crippen molar-refractivity contribution in [3.8, 4) is 5.75 Å². The van der Waals surface area contributed by atoms with Crippen LogP contribution in [0.4, 0.5) is 0 Å². The molecule has 0 amide bonds. The molecule has 0 aromatic heterocycles. The van der Waals surface area contributed by atoms with Crippen LogP contribution in [0.3, 0.4) is 0 Å². The van der Waals surface area contributed by atoms with Crippen molar-refractivity contribution >= 4 is 0 Å². The van der Waals surface area contributed by atoms with Crippen molar-refractivity contribution in [2.24, 2.45) is 0 Å². The summed E-state index contributed by atoms with van der Waals surface area (Å²) in [6.45, 7) is 10.7. The Morgan fingerprint density at radius 2 is 1.78 bits per heavy atom. The molecule has 0 aliphatic heterocycles. The summed E-state index contributed by atoms with van der Waals surface area (Å²) in [5.74, 6) is 0.927. The lowest BCUT2D eigenvalue weighted by Gasteiger charge is -2.13. The summed E-state index contributed by atoms with van der Waals surface area (Å²) in [6, 6.07) is 8.22. The van der Waals surface area contributed by atoms with E-state index in [2.05, 4.69) is 24.4 Å². The first-order valence-electron chi connectivity index (χ1n) is 6.69. The fourth-order valence-corrected chi connectivity index (χ4v) is 1.72. The maximum Gasteiger partial charge on any atom is 0.119 e. The van der Waals surface area contributed by atoms with Crippen LogP contribution in [0.15, 0.2) is 24.3 Å². The average Bonchev–Trinajstić information content (AvgIpc) is 2.31. The second kappa shape index (κ2) is 8.11. The van der Waals surface area contributed by atoms with Gasteiger partial charge in [0.05, 0.1) is 12.2 Å². The Balaban J connectivity index is 2.30. The van der Waals surface area contributed by atoms with Gasteiger partial charge in [-0.3, -0.25) is 0 Å². The lowest BCUT2D eigenvalue weighted by Crippen LogP contribution is -2.26. The minimum Gasteiger partial charge on any atom is -0.491 e. The molecule has 102 valence electrons. The predicted octanol–water partition coefficient (Wildman–Crippen LogP) is 2.99. The molecule has 0 aliphatic carbocycles. The van der Waals surface area contributed by atoms with Gasteiger partial charge in [-0.05, 0) is 45.4 Å². The van der Waals surface area contributed by atoms with Crippen LogP contribution in [0.2, 0.25) is 0 Å². The van der Waals surface area contributed by atoms with Crippen LogP contribution in [0, 0.1) is 0 Å². The molecule has 3 heteroatoms. The van der Waals surface area contributed by atoms with Gasteiger partial charge >= 0.3 is 0 Å². The van der Waals surface area contributed by atoms with E-state index in [1.54, 1.807) is 0 Å². The third-order valence-corrected chi connectivity index (χ3v) is 2.51. The smallest absolute Gasteiger partial charge is 0.119 e. The Bertz CT molecular complexity index is 322. The van der Waals surface area contributed by atoms with E-state index >= 15 is 0 Å². The molecule has 1 aromatic rings. The molecule has 0 heterocycles. The second-order valence-electron chi connectivity index (χ2n) is 4.71. The molecule has 0 bridgehead atoms. The molecule has 0 fully saturated rings. The Labute approximate surface area is 110 Å². The molecule has 0 spiro atoms. The topological polar surface area (TPSA) is 30.5 Å². The lowest BCUT2D eigenvalue weighted by molar-refractivity contribution is 0.0759. The molecule has 1 unspecified atom stereocenters. The van der Waals surface area contributed by atoms with E-state index in [9.17, 15) is 0 Å². The van der Waals surface area contributed by atoms with Crippen molar-refractivity contribution < 1.29 is 9.47 Å². The molecule has 18 heavy (non-hydrogen) atoms. The number of benzene rings is 1. The summed E-state index contributed by atoms with van der Waals surface area (Å²) in [7, 11) is 0. The molecule has 0 saturated carbocycles. The highest BCUT2D eigenvalue weighted by molar-refractivity contribution is 5.27. The quantitative estimate of drug-likeness (QED) is 0.770. The average molecular weight is 251 g/mol. The van der Waals surface area contributed by atoms with Gasteiger partial charge in [0.2, 0.25) is 0 Å². The Hall–Kier alpha value is -1.06. The third kappa shape index (κ3) is 6.03. The maximum atomic E-state index is 5.60. The first kappa shape index (κ1) is 15.0. The monoisotopic (exact) mass is 251 g/mol. The first-order chi connectivity index (χ1) is 8.61. The number of ether oxygens (including phenoxy) is 2. The fourth-order valence-electron chi connectivity index (χ4n) is 1.72. The zero-order chi connectivity index (χ0) is 13.4. The van der Waals surface area contributed by atoms with Gasteiger partial charge in [-0.15, -0.1) is 0 Å². The molecule has 0 radical (unpaired) electrons. The van der Waals surface area contributed by atoms with Gasteiger partial charge in [-0.2, -0.15) is 0 Å². The number of rotatable bonds is 8. The SMILES string of the molecule is CCOC(C)CNCc1ccc(OC(C)C)cc1. The molecular weight excluding hydrogens is 226 g/mol. The molecule has 1 rings (SSSR count). The standard InChI is InChI=1S/C15H25NO2/c1-5-17-13(4)10-16-11-14-6-8-15(9-7-14)18-12(2)3/h6-9,12-13,16H,5,10-11H2,1-4H3. The summed E-state index contributed by atoms with van der Waals surface area (Å²) in [5.41, 5.74) is 1.26. The predicted molar refractivity (Wildman–Crippen MR) is 75.0 cm³/mol. The Kier molecular flexibility index (Phi) is 6.76. The van der Waals surface area contributed by atoms with E-state index in [1.807, 2.05) is 32.9 Å². The van der Waals surface area contributed by atoms with Crippen LogP contribution < -0.4 is 10.1 Å². The summed E-state index contributed by atoms with van der Waals surface area (Å²) in [5, 5.41) is 3.38. The summed E-state index contributed by atoms with van der Waals surface area (Å²) in [6.07, 6.45) is 0.486. The van der Waals surface area contributed by atoms with Crippen LogP contribution >= 0.6 is 0 Å². The summed E-state index contributed by atoms with van der Waals surface area (Å²) in [4.78, 5) is 0. The van der Waals surface area contributed by atoms with E-state index in [0.29, 0.717) is 0 Å². The molecule has 1 aromatic carbocycles. The van der Waals surface area contributed by atoms with Crippen LogP contribution in [0.5, 0.6) is 5.75 Å². The maximum absolute atomic E-state index is 5.60. The molecule has 1 N–H and O–H groups in total. The van der Waals surface area contributed by atoms with Gasteiger partial charge in [0.1, 0.15) is 5.75 Å². The molecule has 0 aliphatic rings. The van der Waals surface area contributed by atoms with Gasteiger partial charge < -0.3 is 14.8 Å². The van der Waals surface area contributed by atoms with E-state index in [4.69, 9.17) is 9.47 Å². The molecule has 0 saturated heterocycles. The van der Waals surface area contributed by atoms with E-state index in [1.165, 1.54) is 5.56 Å². The van der Waals surface area contributed by atoms with Gasteiger partial charge in [-0.25, -0.2) is 0 Å². The van der Waals surface area contributed by atoms with Crippen molar-refractivity contribution in [3.05, 3.63) is 29.8 Å². The van der Waals surface area contributed by atoms with Crippen LogP contribution in [0.1, 0.15) is 33.3 Å². The summed E-state index contributed by atoms with van der Waals surface area (Å²) < 4.78 is 11.1. The van der Waals surface area contributed by atoms with Crippen LogP contribution in [0.25, 0.3) is 0 Å². The highest BCUT2D eigenvalue weighted by Crippen LogP contribution is 2.13. The van der Waals surface area contributed by atoms with Crippen molar-refractivity contribution in [1.29, 1.82) is 0 Å². The van der Waals surface area contributed by atoms with Gasteiger partial charge in [0.25, 0.3) is 0 Å². The van der Waals surface area contributed by atoms with Gasteiger partial charge in [0.15, 0.2) is 0 Å². The van der Waals surface area contributed by atoms with E-state index in [0.717, 1.165) is 25.4 Å². The molecule has 3 nitrogen and oxygen atoms in total. The fraction of sp³-hybridized carbons (Fsp3) is 0.600. The first-order valence-corrected chi connectivity index (χ1v) is 6.69. The van der Waals surface area contributed by atoms with Crippen molar-refractivity contribution in [2.45, 2.75) is 46.4 Å². The highest BCUT2D eigenvalue weighted by atomic mass is 16.5. The minimum absolute atomic E-state index is 0.223. The third-order valence-electron chi connectivity index (χ3n) is 2.51. The molecule has 1 atom stereocenters. The van der Waals surface area contributed by atoms with E-state index < -0.39 is 0 Å². The zero-order valence-corrected chi connectivity index (χ0v) is 11.9. The van der Waals surface area contributed by atoms with E-state index in [-0.39, 0.29) is 12.2 Å². The summed E-state index contributed by atoms with van der Waals surface area (Å²) >= 11 is 0. The number of nitrogens with one attached hydrogen (secondary N) is 1. The van der Waals surface area contributed by atoms with Gasteiger partial charge in [0, 0.05) is 19.7 Å². The largest absolute Gasteiger partial charge is 0.491 e. The minimum atomic E-state index is 0.223. The molecular formula is C15H25NO2. The number of hydrogen-bond donors (Lipinski definition) is 1. The lowest BCUT2D eigenvalue weighted by atomic mass is 10.2. The highest BCUT2D eigenvalue weighted by Gasteiger charge is 2.01. The van der Waals surface area contributed by atoms with Crippen molar-refractivity contribution in [1.82, 2.24) is 5.32 Å². The van der Waals surface area contributed by atoms with Crippen LogP contribution in [-0.4, -0.2) is 25.4 Å². The van der Waals surface area contributed by atoms with Crippen molar-refractivity contribution in [2.75, 3.05) is 13.2 Å². The van der Waals surface area contributed by atoms with Crippen molar-refractivity contribution in [3.63, 3.8) is 0 Å². The van der Waals surface area contributed by atoms with Crippen LogP contribution in [-0.2, 0) is 11.3 Å². The Morgan fingerprint density at radius 3 is 2.33 bits per heavy atom.